The number of carbonyl (C=O) groups is 1. The molecule has 4 nitrogen and oxygen atoms in total. The van der Waals surface area contributed by atoms with E-state index in [0.29, 0.717) is 18.4 Å². The van der Waals surface area contributed by atoms with E-state index in [1.165, 1.54) is 36.5 Å². The smallest absolute Gasteiger partial charge is 0.210 e. The van der Waals surface area contributed by atoms with Crippen LogP contribution in [0.4, 0.5) is 4.39 Å². The van der Waals surface area contributed by atoms with Gasteiger partial charge in [0.15, 0.2) is 0 Å². The molecular weight excluding hydrogens is 470 g/mol. The van der Waals surface area contributed by atoms with Crippen LogP contribution < -0.4 is 15.4 Å². The van der Waals surface area contributed by atoms with Crippen molar-refractivity contribution >= 4 is 21.0 Å². The number of hydrogen-bond donors (Lipinski definition) is 1. The van der Waals surface area contributed by atoms with Gasteiger partial charge >= 0.3 is 0 Å². The molecule has 0 aliphatic rings. The lowest BCUT2D eigenvalue weighted by molar-refractivity contribution is -0.119. The van der Waals surface area contributed by atoms with E-state index < -0.39 is 0 Å². The van der Waals surface area contributed by atoms with E-state index in [9.17, 15) is 9.18 Å². The average Bonchev–Trinajstić information content (AvgIpc) is 2.87. The molecule has 2 atom stereocenters. The number of hydrogen-bond acceptors (Lipinski definition) is 3. The van der Waals surface area contributed by atoms with Gasteiger partial charge in [-0.25, -0.2) is 4.39 Å². The van der Waals surface area contributed by atoms with Crippen molar-refractivity contribution in [2.75, 3.05) is 20.7 Å². The first kappa shape index (κ1) is 36.2. The Bertz CT molecular complexity index is 831. The second kappa shape index (κ2) is 22.2. The second-order valence-electron chi connectivity index (χ2n) is 8.33. The summed E-state index contributed by atoms with van der Waals surface area (Å²) in [7, 11) is 5.95. The molecule has 2 aromatic rings. The van der Waals surface area contributed by atoms with Gasteiger partial charge in [-0.2, -0.15) is 0 Å². The molecule has 0 heterocycles. The minimum absolute atomic E-state index is 0. The van der Waals surface area contributed by atoms with E-state index in [4.69, 9.17) is 4.74 Å². The third-order valence-corrected chi connectivity index (χ3v) is 5.98. The Balaban J connectivity index is 0. The van der Waals surface area contributed by atoms with Crippen LogP contribution in [0, 0.1) is 5.82 Å². The first-order valence-electron chi connectivity index (χ1n) is 13.0. The molecule has 2 aromatic carbocycles. The van der Waals surface area contributed by atoms with E-state index >= 15 is 0 Å². The Kier molecular flexibility index (Phi) is 22.4. The normalized spacial score (nSPS) is 10.6. The van der Waals surface area contributed by atoms with Crippen LogP contribution in [-0.4, -0.2) is 38.1 Å². The molecule has 0 aliphatic carbocycles. The maximum Gasteiger partial charge on any atom is 0.210 e. The van der Waals surface area contributed by atoms with Crippen molar-refractivity contribution in [1.29, 1.82) is 0 Å². The molecule has 0 aliphatic heterocycles. The summed E-state index contributed by atoms with van der Waals surface area (Å²) in [6.45, 7) is 11.5. The van der Waals surface area contributed by atoms with Gasteiger partial charge in [0.25, 0.3) is 0 Å². The van der Waals surface area contributed by atoms with Crippen molar-refractivity contribution in [2.45, 2.75) is 93.2 Å². The Morgan fingerprint density at radius 2 is 1.69 bits per heavy atom. The number of benzene rings is 2. The predicted octanol–water partition coefficient (Wildman–Crippen LogP) is 6.94. The van der Waals surface area contributed by atoms with Crippen molar-refractivity contribution in [3.8, 4) is 5.75 Å². The average molecular weight is 523 g/mol. The Morgan fingerprint density at radius 1 is 1.06 bits per heavy atom. The first-order valence-corrected chi connectivity index (χ1v) is 13.6. The number of halogens is 1. The largest absolute Gasteiger partial charge is 0.496 e. The predicted molar refractivity (Wildman–Crippen MR) is 159 cm³/mol. The minimum Gasteiger partial charge on any atom is -0.496 e. The molecule has 0 bridgehead atoms. The number of carbonyl (C=O) groups excluding carboxylic acids is 1. The number of likely N-dealkylation sites (N-methyl/N-ethyl adjacent to an activating group) is 1. The number of nitrogens with one attached hydrogen (secondary N) is 1. The van der Waals surface area contributed by atoms with Gasteiger partial charge in [-0.1, -0.05) is 92.0 Å². The van der Waals surface area contributed by atoms with Crippen molar-refractivity contribution in [2.24, 2.45) is 0 Å². The van der Waals surface area contributed by atoms with Crippen LogP contribution in [0.3, 0.4) is 0 Å². The second-order valence-corrected chi connectivity index (χ2v) is 8.95. The lowest BCUT2D eigenvalue weighted by Gasteiger charge is -2.25. The molecule has 0 saturated heterocycles. The Morgan fingerprint density at radius 3 is 2.17 bits per heavy atom. The molecule has 0 saturated carbocycles. The topological polar surface area (TPSA) is 41.6 Å². The highest BCUT2D eigenvalue weighted by molar-refractivity contribution is 7.27. The number of amides is 1. The maximum atomic E-state index is 13.8. The summed E-state index contributed by atoms with van der Waals surface area (Å²) >= 11 is 0. The van der Waals surface area contributed by atoms with E-state index in [2.05, 4.69) is 47.5 Å². The Hall–Kier alpha value is -1.97. The summed E-state index contributed by atoms with van der Waals surface area (Å²) in [6.07, 6.45) is 7.72. The van der Waals surface area contributed by atoms with Gasteiger partial charge in [-0.05, 0) is 48.7 Å². The zero-order chi connectivity index (χ0) is 26.6. The molecule has 36 heavy (non-hydrogen) atoms. The molecule has 206 valence electrons. The van der Waals surface area contributed by atoms with Crippen LogP contribution >= 0.6 is 9.24 Å². The third kappa shape index (κ3) is 13.9. The van der Waals surface area contributed by atoms with E-state index in [-0.39, 0.29) is 19.3 Å². The highest BCUT2D eigenvalue weighted by atomic mass is 31.0. The van der Waals surface area contributed by atoms with E-state index in [1.54, 1.807) is 18.1 Å². The number of methoxy groups -OCH3 is 1. The first-order chi connectivity index (χ1) is 16.9. The number of unbranched alkanes of at least 4 members (excludes halogenated alkanes) is 2. The number of nitrogens with zero attached hydrogens (tertiary/aromatic N) is 1. The highest BCUT2D eigenvalue weighted by Gasteiger charge is 2.14. The van der Waals surface area contributed by atoms with Crippen LogP contribution in [0.25, 0.3) is 0 Å². The van der Waals surface area contributed by atoms with Crippen LogP contribution in [0.1, 0.15) is 84.4 Å². The number of aryl methyl sites for hydroxylation is 1. The summed E-state index contributed by atoms with van der Waals surface area (Å²) in [4.78, 5) is 13.2. The van der Waals surface area contributed by atoms with Gasteiger partial charge in [-0.15, -0.1) is 9.24 Å². The zero-order valence-electron chi connectivity index (χ0n) is 23.0. The number of rotatable bonds is 13. The van der Waals surface area contributed by atoms with Gasteiger partial charge in [0.1, 0.15) is 11.6 Å². The Labute approximate surface area is 223 Å². The standard InChI is InChI=1S/C22H30FN2O2P.C5H12.C2H6.CH4/c1-4-5-18-10-16(6-8-21(18)27-3)11-19(24-2)14-25(15-26)13-17-7-9-22(28)20(23)12-17;1-3-5-4-2;1-2;/h6-10,12,15,19,24H,4-5,11,13-14,28H2,1-3H3;3-5H2,1-2H3;1-2H3;1H4. The molecule has 6 heteroatoms. The molecule has 2 unspecified atom stereocenters. The fourth-order valence-corrected chi connectivity index (χ4v) is 3.83. The van der Waals surface area contributed by atoms with Gasteiger partial charge in [0.2, 0.25) is 6.41 Å². The fraction of sp³-hybridized carbons (Fsp3) is 0.567. The van der Waals surface area contributed by atoms with Gasteiger partial charge < -0.3 is 15.0 Å². The molecule has 0 spiro atoms. The highest BCUT2D eigenvalue weighted by Crippen LogP contribution is 2.22. The van der Waals surface area contributed by atoms with E-state index in [0.717, 1.165) is 37.0 Å². The lowest BCUT2D eigenvalue weighted by atomic mass is 10.00. The lowest BCUT2D eigenvalue weighted by Crippen LogP contribution is -2.40. The summed E-state index contributed by atoms with van der Waals surface area (Å²) in [5, 5.41) is 3.82. The minimum atomic E-state index is -0.278. The van der Waals surface area contributed by atoms with Crippen molar-refractivity contribution < 1.29 is 13.9 Å². The molecule has 2 rings (SSSR count). The molecule has 0 fully saturated rings. The van der Waals surface area contributed by atoms with Crippen molar-refractivity contribution in [3.63, 3.8) is 0 Å². The van der Waals surface area contributed by atoms with Crippen LogP contribution in [0.2, 0.25) is 0 Å². The summed E-state index contributed by atoms with van der Waals surface area (Å²) in [6, 6.07) is 11.4. The van der Waals surface area contributed by atoms with Gasteiger partial charge in [0.05, 0.1) is 7.11 Å². The molecule has 1 N–H and O–H groups in total. The van der Waals surface area contributed by atoms with Crippen molar-refractivity contribution in [3.05, 3.63) is 58.9 Å². The van der Waals surface area contributed by atoms with Crippen LogP contribution in [0.15, 0.2) is 36.4 Å². The summed E-state index contributed by atoms with van der Waals surface area (Å²) in [5.74, 6) is 0.640. The van der Waals surface area contributed by atoms with Gasteiger partial charge in [-0.3, -0.25) is 4.79 Å². The summed E-state index contributed by atoms with van der Waals surface area (Å²) in [5.41, 5.74) is 3.19. The van der Waals surface area contributed by atoms with E-state index in [1.807, 2.05) is 33.0 Å². The molecule has 1 amide bonds. The third-order valence-electron chi connectivity index (χ3n) is 5.52. The van der Waals surface area contributed by atoms with Crippen LogP contribution in [0.5, 0.6) is 5.75 Å². The SMILES string of the molecule is C.CC.CCCCC.CCCc1cc(CC(CN(C=O)Cc2ccc(P)c(F)c2)NC)ccc1OC. The summed E-state index contributed by atoms with van der Waals surface area (Å²) < 4.78 is 19.2. The monoisotopic (exact) mass is 522 g/mol. The molecular formula is C30H52FN2O2P. The van der Waals surface area contributed by atoms with Gasteiger partial charge in [0, 0.05) is 24.4 Å². The molecule has 0 aromatic heterocycles. The van der Waals surface area contributed by atoms with Crippen molar-refractivity contribution in [1.82, 2.24) is 10.2 Å². The zero-order valence-corrected chi connectivity index (χ0v) is 24.1. The fourth-order valence-electron chi connectivity index (χ4n) is 3.65. The molecule has 0 radical (unpaired) electrons. The maximum absolute atomic E-state index is 13.8. The quantitative estimate of drug-likeness (QED) is 0.229. The van der Waals surface area contributed by atoms with Crippen LogP contribution in [-0.2, 0) is 24.2 Å². The number of ether oxygens (including phenoxy) is 1.